The fraction of sp³-hybridized carbons (Fsp3) is 0.196. The van der Waals surface area contributed by atoms with Crippen molar-refractivity contribution in [2.45, 2.75) is 30.1 Å². The van der Waals surface area contributed by atoms with Crippen molar-refractivity contribution in [2.75, 3.05) is 32.8 Å². The molecule has 0 saturated carbocycles. The molecule has 60 heavy (non-hydrogen) atoms. The highest BCUT2D eigenvalue weighted by Crippen LogP contribution is 2.46. The number of rotatable bonds is 14. The second-order valence-corrected chi connectivity index (χ2v) is 13.8. The lowest BCUT2D eigenvalue weighted by molar-refractivity contribution is -0.247. The van der Waals surface area contributed by atoms with Crippen LogP contribution in [0.1, 0.15) is 33.3 Å². The Bertz CT molecular complexity index is 2470. The van der Waals surface area contributed by atoms with Crippen molar-refractivity contribution in [1.82, 2.24) is 19.5 Å². The minimum Gasteiger partial charge on any atom is -0.497 e. The molecule has 14 nitrogen and oxygen atoms in total. The van der Waals surface area contributed by atoms with Gasteiger partial charge in [0.2, 0.25) is 0 Å². The van der Waals surface area contributed by atoms with Gasteiger partial charge in [-0.3, -0.25) is 9.36 Å². The van der Waals surface area contributed by atoms with Gasteiger partial charge in [0.05, 0.1) is 32.7 Å². The van der Waals surface area contributed by atoms with E-state index in [0.717, 1.165) is 0 Å². The lowest BCUT2D eigenvalue weighted by Gasteiger charge is -2.46. The molecule has 1 aliphatic heterocycles. The minimum atomic E-state index is -1.44. The fourth-order valence-corrected chi connectivity index (χ4v) is 7.24. The number of benzene rings is 5. The highest BCUT2D eigenvalue weighted by Gasteiger charge is 2.51. The molecule has 0 aliphatic carbocycles. The SMILES string of the molecule is COc1ccc(C(O[C@@H]2[C@@H](OC(=O)c3ccccc3)[C@@H](O)CO[C@H]2n2cnc3c(NC(=O)COc4ccccc4)ncnc32)(c2ccccc2)c2ccc(OC)cc2)cc1. The number of esters is 1. The molecule has 1 saturated heterocycles. The van der Waals surface area contributed by atoms with E-state index in [0.29, 0.717) is 33.9 Å². The summed E-state index contributed by atoms with van der Waals surface area (Å²) in [6, 6.07) is 41.9. The number of ether oxygens (including phenoxy) is 6. The molecule has 0 bridgehead atoms. The van der Waals surface area contributed by atoms with E-state index in [1.807, 2.05) is 97.1 Å². The number of nitrogens with zero attached hydrogens (tertiary/aromatic N) is 4. The highest BCUT2D eigenvalue weighted by molar-refractivity contribution is 5.97. The van der Waals surface area contributed by atoms with Crippen LogP contribution in [-0.2, 0) is 24.6 Å². The van der Waals surface area contributed by atoms with E-state index < -0.39 is 42.0 Å². The molecule has 7 aromatic rings. The number of amides is 1. The number of methoxy groups -OCH3 is 2. The zero-order valence-electron chi connectivity index (χ0n) is 32.7. The number of carbonyl (C=O) groups is 2. The number of aliphatic hydroxyl groups is 1. The number of para-hydroxylation sites is 1. The largest absolute Gasteiger partial charge is 0.497 e. The Kier molecular flexibility index (Phi) is 11.8. The molecule has 0 spiro atoms. The maximum atomic E-state index is 13.9. The average Bonchev–Trinajstić information content (AvgIpc) is 3.74. The van der Waals surface area contributed by atoms with Crippen molar-refractivity contribution in [3.8, 4) is 17.2 Å². The van der Waals surface area contributed by atoms with Gasteiger partial charge < -0.3 is 38.8 Å². The third-order valence-electron chi connectivity index (χ3n) is 10.2. The summed E-state index contributed by atoms with van der Waals surface area (Å²) in [6.07, 6.45) is -2.23. The van der Waals surface area contributed by atoms with Gasteiger partial charge in [0.25, 0.3) is 5.91 Å². The molecule has 2 aromatic heterocycles. The Morgan fingerprint density at radius 2 is 1.32 bits per heavy atom. The van der Waals surface area contributed by atoms with Crippen molar-refractivity contribution >= 4 is 28.9 Å². The van der Waals surface area contributed by atoms with Gasteiger partial charge in [-0.2, -0.15) is 0 Å². The number of aliphatic hydroxyl groups excluding tert-OH is 1. The van der Waals surface area contributed by atoms with Crippen LogP contribution < -0.4 is 19.5 Å². The van der Waals surface area contributed by atoms with Crippen LogP contribution in [0.15, 0.2) is 152 Å². The molecule has 4 atom stereocenters. The van der Waals surface area contributed by atoms with E-state index in [2.05, 4.69) is 20.3 Å². The summed E-state index contributed by atoms with van der Waals surface area (Å²) >= 11 is 0. The molecule has 3 heterocycles. The van der Waals surface area contributed by atoms with Gasteiger partial charge in [0, 0.05) is 0 Å². The molecule has 5 aromatic carbocycles. The number of hydrogen-bond donors (Lipinski definition) is 2. The van der Waals surface area contributed by atoms with E-state index in [1.165, 1.54) is 12.7 Å². The summed E-state index contributed by atoms with van der Waals surface area (Å²) in [5, 5.41) is 14.5. The Labute approximate surface area is 345 Å². The lowest BCUT2D eigenvalue weighted by atomic mass is 9.79. The third-order valence-corrected chi connectivity index (χ3v) is 10.2. The first kappa shape index (κ1) is 39.7. The molecule has 2 N–H and O–H groups in total. The number of imidazole rings is 1. The van der Waals surface area contributed by atoms with Gasteiger partial charge in [0.15, 0.2) is 35.9 Å². The van der Waals surface area contributed by atoms with Gasteiger partial charge in [-0.1, -0.05) is 91.0 Å². The Balaban J connectivity index is 1.25. The Morgan fingerprint density at radius 3 is 1.93 bits per heavy atom. The van der Waals surface area contributed by atoms with Gasteiger partial charge in [-0.05, 0) is 65.2 Å². The molecule has 1 fully saturated rings. The maximum absolute atomic E-state index is 13.9. The first-order valence-electron chi connectivity index (χ1n) is 19.1. The van der Waals surface area contributed by atoms with Gasteiger partial charge in [-0.15, -0.1) is 0 Å². The first-order valence-corrected chi connectivity index (χ1v) is 19.1. The monoisotopic (exact) mass is 807 g/mol. The van der Waals surface area contributed by atoms with E-state index >= 15 is 0 Å². The van der Waals surface area contributed by atoms with Crippen LogP contribution >= 0.6 is 0 Å². The van der Waals surface area contributed by atoms with Gasteiger partial charge in [0.1, 0.15) is 41.4 Å². The number of hydrogen-bond acceptors (Lipinski definition) is 12. The van der Waals surface area contributed by atoms with Crippen molar-refractivity contribution in [1.29, 1.82) is 0 Å². The second kappa shape index (κ2) is 17.8. The number of fused-ring (bicyclic) bond motifs is 1. The number of anilines is 1. The predicted molar refractivity (Wildman–Crippen MR) is 220 cm³/mol. The second-order valence-electron chi connectivity index (χ2n) is 13.8. The number of nitrogens with one attached hydrogen (secondary N) is 1. The molecule has 8 rings (SSSR count). The third kappa shape index (κ3) is 8.11. The summed E-state index contributed by atoms with van der Waals surface area (Å²) < 4.78 is 38.6. The molecule has 1 aliphatic rings. The minimum absolute atomic E-state index is 0.135. The first-order chi connectivity index (χ1) is 29.4. The van der Waals surface area contributed by atoms with Crippen molar-refractivity contribution < 1.29 is 43.1 Å². The van der Waals surface area contributed by atoms with Crippen LogP contribution in [0.25, 0.3) is 11.2 Å². The molecular weight excluding hydrogens is 767 g/mol. The molecular formula is C46H41N5O9. The number of carbonyl (C=O) groups excluding carboxylic acids is 2. The summed E-state index contributed by atoms with van der Waals surface area (Å²) in [5.74, 6) is 0.776. The highest BCUT2D eigenvalue weighted by atomic mass is 16.6. The van der Waals surface area contributed by atoms with E-state index in [9.17, 15) is 14.7 Å². The standard InChI is InChI=1S/C46H41N5O9/c1-55-34-22-18-32(19-23-34)46(31-14-8-4-9-15-31,33-20-24-35(56-2)25-21-33)60-41-40(59-45(54)30-12-6-3-7-13-30)37(52)26-58-44(41)51-29-49-39-42(47-28-48-43(39)51)50-38(53)27-57-36-16-10-5-11-17-36/h3-25,28-29,37,40-41,44,52H,26-27H2,1-2H3,(H,47,48,50,53)/t37-,40-,41+,44+/m0/s1. The van der Waals surface area contributed by atoms with Crippen LogP contribution in [0.5, 0.6) is 17.2 Å². The van der Waals surface area contributed by atoms with E-state index in [4.69, 9.17) is 28.4 Å². The maximum Gasteiger partial charge on any atom is 0.338 e. The zero-order chi connectivity index (χ0) is 41.5. The number of aromatic nitrogens is 4. The fourth-order valence-electron chi connectivity index (χ4n) is 7.24. The average molecular weight is 808 g/mol. The van der Waals surface area contributed by atoms with Crippen LogP contribution in [0.2, 0.25) is 0 Å². The topological polar surface area (TPSA) is 165 Å². The lowest BCUT2D eigenvalue weighted by Crippen LogP contribution is -2.56. The van der Waals surface area contributed by atoms with Gasteiger partial charge in [-0.25, -0.2) is 19.7 Å². The van der Waals surface area contributed by atoms with Gasteiger partial charge >= 0.3 is 5.97 Å². The van der Waals surface area contributed by atoms with Crippen LogP contribution in [-0.4, -0.2) is 82.2 Å². The summed E-state index contributed by atoms with van der Waals surface area (Å²) in [4.78, 5) is 40.4. The molecule has 1 amide bonds. The predicted octanol–water partition coefficient (Wildman–Crippen LogP) is 6.35. The summed E-state index contributed by atoms with van der Waals surface area (Å²) in [7, 11) is 3.18. The van der Waals surface area contributed by atoms with Crippen LogP contribution in [0.3, 0.4) is 0 Å². The Hall–Kier alpha value is -7.13. The molecule has 0 unspecified atom stereocenters. The summed E-state index contributed by atoms with van der Waals surface area (Å²) in [5.41, 5.74) is 1.45. The van der Waals surface area contributed by atoms with Crippen LogP contribution in [0, 0.1) is 0 Å². The zero-order valence-corrected chi connectivity index (χ0v) is 32.7. The summed E-state index contributed by atoms with van der Waals surface area (Å²) in [6.45, 7) is -0.519. The van der Waals surface area contributed by atoms with E-state index in [-0.39, 0.29) is 35.8 Å². The van der Waals surface area contributed by atoms with Crippen molar-refractivity contribution in [3.05, 3.63) is 174 Å². The van der Waals surface area contributed by atoms with Crippen molar-refractivity contribution in [3.63, 3.8) is 0 Å². The van der Waals surface area contributed by atoms with E-state index in [1.54, 1.807) is 61.3 Å². The molecule has 304 valence electrons. The molecule has 14 heteroatoms. The van der Waals surface area contributed by atoms with Crippen LogP contribution in [0.4, 0.5) is 5.82 Å². The quantitative estimate of drug-likeness (QED) is 0.0925. The Morgan fingerprint density at radius 1 is 0.733 bits per heavy atom. The normalized spacial score (nSPS) is 17.7. The smallest absolute Gasteiger partial charge is 0.338 e. The molecule has 0 radical (unpaired) electrons. The van der Waals surface area contributed by atoms with Crippen molar-refractivity contribution in [2.24, 2.45) is 0 Å².